The molecule has 6 nitrogen and oxygen atoms in total. The van der Waals surface area contributed by atoms with E-state index in [1.807, 2.05) is 17.8 Å². The minimum atomic E-state index is -0.516. The van der Waals surface area contributed by atoms with E-state index < -0.39 is 6.10 Å². The van der Waals surface area contributed by atoms with Crippen LogP contribution in [0.3, 0.4) is 0 Å². The largest absolute Gasteiger partial charge is 0.387 e. The van der Waals surface area contributed by atoms with Crippen molar-refractivity contribution in [1.82, 2.24) is 15.0 Å². The molecule has 3 atom stereocenters. The van der Waals surface area contributed by atoms with Gasteiger partial charge in [-0.25, -0.2) is 4.68 Å². The van der Waals surface area contributed by atoms with Gasteiger partial charge in [0.05, 0.1) is 30.6 Å². The van der Waals surface area contributed by atoms with Crippen molar-refractivity contribution in [3.8, 4) is 0 Å². The van der Waals surface area contributed by atoms with Crippen LogP contribution in [-0.2, 0) is 9.47 Å². The van der Waals surface area contributed by atoms with Crippen molar-refractivity contribution in [1.29, 1.82) is 0 Å². The van der Waals surface area contributed by atoms with Gasteiger partial charge in [0.25, 0.3) is 0 Å². The van der Waals surface area contributed by atoms with Crippen LogP contribution in [0, 0.1) is 0 Å². The van der Waals surface area contributed by atoms with Gasteiger partial charge in [-0.3, -0.25) is 0 Å². The van der Waals surface area contributed by atoms with Crippen LogP contribution in [0.15, 0.2) is 6.20 Å². The van der Waals surface area contributed by atoms with E-state index in [-0.39, 0.29) is 5.60 Å². The molecule has 1 spiro atoms. The van der Waals surface area contributed by atoms with E-state index >= 15 is 0 Å². The Bertz CT molecular complexity index is 429. The van der Waals surface area contributed by atoms with Crippen LogP contribution in [0.2, 0.25) is 0 Å². The molecule has 19 heavy (non-hydrogen) atoms. The van der Waals surface area contributed by atoms with E-state index in [1.54, 1.807) is 0 Å². The fourth-order valence-electron chi connectivity index (χ4n) is 2.92. The van der Waals surface area contributed by atoms with Crippen LogP contribution < -0.4 is 0 Å². The Morgan fingerprint density at radius 2 is 2.47 bits per heavy atom. The molecule has 0 aromatic carbocycles. The van der Waals surface area contributed by atoms with Crippen molar-refractivity contribution in [3.05, 3.63) is 11.9 Å². The first-order valence-corrected chi connectivity index (χ1v) is 7.04. The van der Waals surface area contributed by atoms with Gasteiger partial charge in [-0.05, 0) is 12.8 Å². The highest BCUT2D eigenvalue weighted by Crippen LogP contribution is 2.37. The molecule has 0 amide bonds. The van der Waals surface area contributed by atoms with E-state index in [9.17, 15) is 5.11 Å². The summed E-state index contributed by atoms with van der Waals surface area (Å²) in [6.45, 7) is 4.13. The number of rotatable bonds is 3. The topological polar surface area (TPSA) is 69.4 Å². The summed E-state index contributed by atoms with van der Waals surface area (Å²) < 4.78 is 13.3. The molecule has 2 fully saturated rings. The van der Waals surface area contributed by atoms with Crippen molar-refractivity contribution in [2.24, 2.45) is 0 Å². The number of ether oxygens (including phenoxy) is 2. The fourth-order valence-corrected chi connectivity index (χ4v) is 2.92. The first-order chi connectivity index (χ1) is 9.22. The maximum atomic E-state index is 9.79. The summed E-state index contributed by atoms with van der Waals surface area (Å²) in [5.74, 6) is 0. The molecule has 0 saturated carbocycles. The molecular formula is C13H21N3O3. The highest BCUT2D eigenvalue weighted by molar-refractivity contribution is 4.99. The number of aliphatic hydroxyl groups excluding tert-OH is 1. The van der Waals surface area contributed by atoms with E-state index in [2.05, 4.69) is 10.3 Å². The standard InChI is InChI=1S/C13H21N3O3/c1-2-12(17)11-8-16(15-14-11)10-3-5-19-13(7-10)4-6-18-9-13/h8,10,12,17H,2-7,9H2,1H3. The van der Waals surface area contributed by atoms with E-state index in [0.29, 0.717) is 24.8 Å². The third-order valence-electron chi connectivity index (χ3n) is 4.16. The molecule has 3 rings (SSSR count). The summed E-state index contributed by atoms with van der Waals surface area (Å²) >= 11 is 0. The van der Waals surface area contributed by atoms with Crippen LogP contribution in [-0.4, -0.2) is 45.5 Å². The Hall–Kier alpha value is -0.980. The lowest BCUT2D eigenvalue weighted by Crippen LogP contribution is -2.41. The quantitative estimate of drug-likeness (QED) is 0.892. The Kier molecular flexibility index (Phi) is 3.56. The molecule has 1 aromatic rings. The Labute approximate surface area is 112 Å². The zero-order valence-electron chi connectivity index (χ0n) is 11.3. The van der Waals surface area contributed by atoms with Gasteiger partial charge in [-0.15, -0.1) is 5.10 Å². The van der Waals surface area contributed by atoms with Gasteiger partial charge in [0.2, 0.25) is 0 Å². The number of hydrogen-bond donors (Lipinski definition) is 1. The van der Waals surface area contributed by atoms with Crippen molar-refractivity contribution in [2.75, 3.05) is 19.8 Å². The molecule has 2 aliphatic rings. The number of nitrogens with zero attached hydrogens (tertiary/aromatic N) is 3. The van der Waals surface area contributed by atoms with Crippen molar-refractivity contribution in [2.45, 2.75) is 50.4 Å². The minimum Gasteiger partial charge on any atom is -0.387 e. The normalized spacial score (nSPS) is 32.8. The molecule has 2 aliphatic heterocycles. The fraction of sp³-hybridized carbons (Fsp3) is 0.846. The molecule has 1 N–H and O–H groups in total. The van der Waals surface area contributed by atoms with E-state index in [4.69, 9.17) is 9.47 Å². The van der Waals surface area contributed by atoms with Gasteiger partial charge >= 0.3 is 0 Å². The van der Waals surface area contributed by atoms with Gasteiger partial charge in [0.1, 0.15) is 5.69 Å². The van der Waals surface area contributed by atoms with Gasteiger partial charge in [-0.2, -0.15) is 0 Å². The van der Waals surface area contributed by atoms with Crippen molar-refractivity contribution in [3.63, 3.8) is 0 Å². The molecular weight excluding hydrogens is 246 g/mol. The molecule has 106 valence electrons. The average molecular weight is 267 g/mol. The van der Waals surface area contributed by atoms with Crippen LogP contribution in [0.25, 0.3) is 0 Å². The summed E-state index contributed by atoms with van der Waals surface area (Å²) in [5, 5.41) is 18.0. The second-order valence-electron chi connectivity index (χ2n) is 5.53. The Morgan fingerprint density at radius 1 is 1.58 bits per heavy atom. The molecule has 2 saturated heterocycles. The summed E-state index contributed by atoms with van der Waals surface area (Å²) in [4.78, 5) is 0. The van der Waals surface area contributed by atoms with Gasteiger partial charge in [-0.1, -0.05) is 12.1 Å². The SMILES string of the molecule is CCC(O)c1cn(C2CCOC3(CCOC3)C2)nn1. The maximum Gasteiger partial charge on any atom is 0.111 e. The monoisotopic (exact) mass is 267 g/mol. The lowest BCUT2D eigenvalue weighted by atomic mass is 9.90. The Balaban J connectivity index is 1.73. The van der Waals surface area contributed by atoms with Crippen LogP contribution in [0.4, 0.5) is 0 Å². The predicted molar refractivity (Wildman–Crippen MR) is 67.7 cm³/mol. The van der Waals surface area contributed by atoms with Crippen LogP contribution >= 0.6 is 0 Å². The summed E-state index contributed by atoms with van der Waals surface area (Å²) in [6.07, 6.45) is 4.82. The molecule has 6 heteroatoms. The number of aliphatic hydroxyl groups is 1. The van der Waals surface area contributed by atoms with E-state index in [0.717, 1.165) is 32.5 Å². The van der Waals surface area contributed by atoms with Crippen molar-refractivity contribution < 1.29 is 14.6 Å². The molecule has 3 unspecified atom stereocenters. The van der Waals surface area contributed by atoms with Crippen LogP contribution in [0.5, 0.6) is 0 Å². The van der Waals surface area contributed by atoms with Gasteiger partial charge < -0.3 is 14.6 Å². The zero-order chi connectivity index (χ0) is 13.3. The predicted octanol–water partition coefficient (Wildman–Crippen LogP) is 1.23. The molecule has 0 radical (unpaired) electrons. The van der Waals surface area contributed by atoms with Crippen LogP contribution in [0.1, 0.15) is 50.4 Å². The number of aromatic nitrogens is 3. The first kappa shape index (κ1) is 13.0. The van der Waals surface area contributed by atoms with Gasteiger partial charge in [0, 0.05) is 26.1 Å². The maximum absolute atomic E-state index is 9.79. The smallest absolute Gasteiger partial charge is 0.111 e. The molecule has 0 bridgehead atoms. The molecule has 0 aliphatic carbocycles. The minimum absolute atomic E-state index is 0.127. The van der Waals surface area contributed by atoms with Crippen molar-refractivity contribution >= 4 is 0 Å². The molecule has 1 aromatic heterocycles. The molecule has 3 heterocycles. The Morgan fingerprint density at radius 3 is 3.21 bits per heavy atom. The highest BCUT2D eigenvalue weighted by Gasteiger charge is 2.41. The average Bonchev–Trinajstić information content (AvgIpc) is 3.08. The van der Waals surface area contributed by atoms with Gasteiger partial charge in [0.15, 0.2) is 0 Å². The summed E-state index contributed by atoms with van der Waals surface area (Å²) in [6, 6.07) is 0.292. The second kappa shape index (κ2) is 5.19. The lowest BCUT2D eigenvalue weighted by molar-refractivity contribution is -0.0964. The zero-order valence-corrected chi connectivity index (χ0v) is 11.3. The number of hydrogen-bond acceptors (Lipinski definition) is 5. The summed E-state index contributed by atoms with van der Waals surface area (Å²) in [5.41, 5.74) is 0.531. The third-order valence-corrected chi connectivity index (χ3v) is 4.16. The summed E-state index contributed by atoms with van der Waals surface area (Å²) in [7, 11) is 0. The van der Waals surface area contributed by atoms with E-state index in [1.165, 1.54) is 0 Å². The second-order valence-corrected chi connectivity index (χ2v) is 5.53. The highest BCUT2D eigenvalue weighted by atomic mass is 16.6. The lowest BCUT2D eigenvalue weighted by Gasteiger charge is -2.36. The first-order valence-electron chi connectivity index (χ1n) is 7.04. The third kappa shape index (κ3) is 2.52.